The van der Waals surface area contributed by atoms with Crippen LogP contribution in [-0.2, 0) is 14.3 Å². The Balaban J connectivity index is 0.00000361. The highest BCUT2D eigenvalue weighted by Gasteiger charge is 2.34. The van der Waals surface area contributed by atoms with E-state index in [0.29, 0.717) is 25.3 Å². The van der Waals surface area contributed by atoms with Crippen LogP contribution in [-0.4, -0.2) is 31.1 Å². The zero-order chi connectivity index (χ0) is 14.5. The van der Waals surface area contributed by atoms with Crippen LogP contribution in [0.1, 0.15) is 46.0 Å². The quantitative estimate of drug-likeness (QED) is 0.731. The van der Waals surface area contributed by atoms with E-state index in [9.17, 15) is 9.59 Å². The molecule has 1 saturated carbocycles. The molecule has 1 rings (SSSR count). The van der Waals surface area contributed by atoms with Gasteiger partial charge in [0.15, 0.2) is 0 Å². The van der Waals surface area contributed by atoms with Crippen LogP contribution < -0.4 is 11.1 Å². The number of amides is 1. The van der Waals surface area contributed by atoms with Crippen LogP contribution in [0.5, 0.6) is 0 Å². The van der Waals surface area contributed by atoms with E-state index >= 15 is 0 Å². The molecule has 1 amide bonds. The number of hydrogen-bond donors (Lipinski definition) is 2. The first-order chi connectivity index (χ1) is 8.89. The van der Waals surface area contributed by atoms with Gasteiger partial charge in [0.25, 0.3) is 0 Å². The number of carbonyl (C=O) groups is 2. The number of hydrogen-bond acceptors (Lipinski definition) is 4. The minimum absolute atomic E-state index is 0. The minimum Gasteiger partial charge on any atom is -0.469 e. The number of halogens is 1. The average molecular weight is 307 g/mol. The number of rotatable bonds is 6. The first-order valence-corrected chi connectivity index (χ1v) is 6.98. The maximum Gasteiger partial charge on any atom is 0.305 e. The van der Waals surface area contributed by atoms with Crippen LogP contribution in [0.3, 0.4) is 0 Å². The first-order valence-electron chi connectivity index (χ1n) is 6.98. The second-order valence-electron chi connectivity index (χ2n) is 5.98. The van der Waals surface area contributed by atoms with Gasteiger partial charge in [0, 0.05) is 17.9 Å². The summed E-state index contributed by atoms with van der Waals surface area (Å²) in [5.41, 5.74) is 5.31. The number of methoxy groups -OCH3 is 1. The normalized spacial score (nSPS) is 22.0. The molecule has 0 bridgehead atoms. The highest BCUT2D eigenvalue weighted by molar-refractivity contribution is 5.85. The Labute approximate surface area is 127 Å². The summed E-state index contributed by atoms with van der Waals surface area (Å²) in [6, 6.07) is 0. The third kappa shape index (κ3) is 5.67. The van der Waals surface area contributed by atoms with E-state index in [4.69, 9.17) is 5.73 Å². The summed E-state index contributed by atoms with van der Waals surface area (Å²) < 4.78 is 4.62. The monoisotopic (exact) mass is 306 g/mol. The molecule has 0 unspecified atom stereocenters. The van der Waals surface area contributed by atoms with Crippen LogP contribution in [0.4, 0.5) is 0 Å². The van der Waals surface area contributed by atoms with E-state index in [1.54, 1.807) is 0 Å². The molecule has 1 fully saturated rings. The molecule has 0 aromatic heterocycles. The lowest BCUT2D eigenvalue weighted by Gasteiger charge is -2.29. The molecule has 0 heterocycles. The molecule has 0 spiro atoms. The third-order valence-corrected chi connectivity index (χ3v) is 3.94. The molecular formula is C14H27ClN2O3. The fourth-order valence-electron chi connectivity index (χ4n) is 2.67. The summed E-state index contributed by atoms with van der Waals surface area (Å²) in [7, 11) is 1.37. The van der Waals surface area contributed by atoms with Crippen molar-refractivity contribution in [3.8, 4) is 0 Å². The van der Waals surface area contributed by atoms with E-state index < -0.39 is 5.54 Å². The van der Waals surface area contributed by atoms with Gasteiger partial charge in [-0.25, -0.2) is 0 Å². The van der Waals surface area contributed by atoms with Crippen molar-refractivity contribution >= 4 is 24.3 Å². The summed E-state index contributed by atoms with van der Waals surface area (Å²) in [4.78, 5) is 23.4. The number of carbonyl (C=O) groups excluding carboxylic acids is 2. The van der Waals surface area contributed by atoms with E-state index in [-0.39, 0.29) is 30.2 Å². The van der Waals surface area contributed by atoms with E-state index in [0.717, 1.165) is 19.3 Å². The summed E-state index contributed by atoms with van der Waals surface area (Å²) in [5, 5.41) is 3.04. The van der Waals surface area contributed by atoms with Crippen LogP contribution in [0.15, 0.2) is 0 Å². The SMILES string of the molecule is COC(=O)CCC(C)(C)NC(=O)[C@@H]1CCC[C@@H]1CN.Cl. The maximum atomic E-state index is 12.3. The summed E-state index contributed by atoms with van der Waals surface area (Å²) >= 11 is 0. The lowest BCUT2D eigenvalue weighted by Crippen LogP contribution is -2.47. The van der Waals surface area contributed by atoms with Crippen molar-refractivity contribution in [3.05, 3.63) is 0 Å². The molecule has 20 heavy (non-hydrogen) atoms. The van der Waals surface area contributed by atoms with Gasteiger partial charge in [-0.2, -0.15) is 0 Å². The Bertz CT molecular complexity index is 334. The lowest BCUT2D eigenvalue weighted by molar-refractivity contribution is -0.141. The predicted octanol–water partition coefficient (Wildman–Crippen LogP) is 1.63. The Morgan fingerprint density at radius 3 is 2.55 bits per heavy atom. The molecule has 5 nitrogen and oxygen atoms in total. The van der Waals surface area contributed by atoms with Crippen molar-refractivity contribution in [1.29, 1.82) is 0 Å². The summed E-state index contributed by atoms with van der Waals surface area (Å²) in [6.07, 6.45) is 3.92. The summed E-state index contributed by atoms with van der Waals surface area (Å²) in [6.45, 7) is 4.43. The molecule has 2 atom stereocenters. The molecule has 6 heteroatoms. The Morgan fingerprint density at radius 2 is 2.00 bits per heavy atom. The van der Waals surface area contributed by atoms with E-state index in [1.807, 2.05) is 13.8 Å². The molecule has 1 aliphatic rings. The number of esters is 1. The topological polar surface area (TPSA) is 81.4 Å². The van der Waals surface area contributed by atoms with Crippen LogP contribution in [0.25, 0.3) is 0 Å². The zero-order valence-electron chi connectivity index (χ0n) is 12.6. The van der Waals surface area contributed by atoms with Crippen LogP contribution in [0, 0.1) is 11.8 Å². The van der Waals surface area contributed by atoms with Crippen LogP contribution >= 0.6 is 12.4 Å². The Morgan fingerprint density at radius 1 is 1.35 bits per heavy atom. The third-order valence-electron chi connectivity index (χ3n) is 3.94. The van der Waals surface area contributed by atoms with E-state index in [2.05, 4.69) is 10.1 Å². The van der Waals surface area contributed by atoms with Crippen molar-refractivity contribution in [3.63, 3.8) is 0 Å². The largest absolute Gasteiger partial charge is 0.469 e. The molecule has 1 aliphatic carbocycles. The van der Waals surface area contributed by atoms with Gasteiger partial charge in [-0.05, 0) is 45.6 Å². The molecule has 0 aromatic rings. The fraction of sp³-hybridized carbons (Fsp3) is 0.857. The first kappa shape index (κ1) is 19.2. The molecule has 118 valence electrons. The molecule has 0 aromatic carbocycles. The second kappa shape index (κ2) is 8.47. The van der Waals surface area contributed by atoms with Crippen LogP contribution in [0.2, 0.25) is 0 Å². The highest BCUT2D eigenvalue weighted by Crippen LogP contribution is 2.31. The van der Waals surface area contributed by atoms with Gasteiger partial charge in [0.1, 0.15) is 0 Å². The molecule has 0 aliphatic heterocycles. The van der Waals surface area contributed by atoms with E-state index in [1.165, 1.54) is 7.11 Å². The summed E-state index contributed by atoms with van der Waals surface area (Å²) in [5.74, 6) is 0.157. The highest BCUT2D eigenvalue weighted by atomic mass is 35.5. The van der Waals surface area contributed by atoms with Gasteiger partial charge >= 0.3 is 5.97 Å². The van der Waals surface area contributed by atoms with Crippen molar-refractivity contribution < 1.29 is 14.3 Å². The van der Waals surface area contributed by atoms with Gasteiger partial charge in [-0.3, -0.25) is 9.59 Å². The lowest BCUT2D eigenvalue weighted by atomic mass is 9.92. The van der Waals surface area contributed by atoms with Gasteiger partial charge in [0.05, 0.1) is 7.11 Å². The number of nitrogens with two attached hydrogens (primary N) is 1. The predicted molar refractivity (Wildman–Crippen MR) is 80.6 cm³/mol. The Kier molecular flexibility index (Phi) is 8.13. The second-order valence-corrected chi connectivity index (χ2v) is 5.98. The molecule has 0 saturated heterocycles. The van der Waals surface area contributed by atoms with Crippen molar-refractivity contribution in [1.82, 2.24) is 5.32 Å². The average Bonchev–Trinajstić information content (AvgIpc) is 2.83. The maximum absolute atomic E-state index is 12.3. The standard InChI is InChI=1S/C14H26N2O3.ClH/c1-14(2,8-7-12(17)19-3)16-13(18)11-6-4-5-10(11)9-15;/h10-11H,4-9,15H2,1-3H3,(H,16,18);1H/t10-,11-;/m1./s1. The van der Waals surface area contributed by atoms with Gasteiger partial charge in [0.2, 0.25) is 5.91 Å². The zero-order valence-corrected chi connectivity index (χ0v) is 13.4. The minimum atomic E-state index is -0.396. The van der Waals surface area contributed by atoms with Crippen molar-refractivity contribution in [2.24, 2.45) is 17.6 Å². The molecular weight excluding hydrogens is 280 g/mol. The smallest absolute Gasteiger partial charge is 0.305 e. The van der Waals surface area contributed by atoms with Crippen molar-refractivity contribution in [2.75, 3.05) is 13.7 Å². The number of ether oxygens (including phenoxy) is 1. The Hall–Kier alpha value is -0.810. The van der Waals surface area contributed by atoms with Crippen molar-refractivity contribution in [2.45, 2.75) is 51.5 Å². The number of nitrogens with one attached hydrogen (secondary N) is 1. The van der Waals surface area contributed by atoms with Gasteiger partial charge in [-0.15, -0.1) is 12.4 Å². The van der Waals surface area contributed by atoms with Gasteiger partial charge in [-0.1, -0.05) is 6.42 Å². The fourth-order valence-corrected chi connectivity index (χ4v) is 2.67. The molecule has 0 radical (unpaired) electrons. The van der Waals surface area contributed by atoms with Gasteiger partial charge < -0.3 is 15.8 Å². The molecule has 3 N–H and O–H groups in total.